The predicted octanol–water partition coefficient (Wildman–Crippen LogP) is 4.31. The van der Waals surface area contributed by atoms with E-state index in [-0.39, 0.29) is 0 Å². The number of aryl methyl sites for hydroxylation is 4. The van der Waals surface area contributed by atoms with Crippen LogP contribution in [0.15, 0.2) is 17.3 Å². The highest BCUT2D eigenvalue weighted by Crippen LogP contribution is 2.39. The van der Waals surface area contributed by atoms with Crippen molar-refractivity contribution in [2.45, 2.75) is 58.3 Å². The Hall–Kier alpha value is -2.03. The Morgan fingerprint density at radius 1 is 0.906 bits per heavy atom. The topological polar surface area (TPSA) is 66.4 Å². The van der Waals surface area contributed by atoms with Crippen molar-refractivity contribution in [2.75, 3.05) is 31.1 Å². The third-order valence-corrected chi connectivity index (χ3v) is 10.5. The molecule has 32 heavy (non-hydrogen) atoms. The molecule has 170 valence electrons. The molecule has 8 heteroatoms. The molecule has 3 aromatic rings. The van der Waals surface area contributed by atoms with Gasteiger partial charge in [-0.1, -0.05) is 6.07 Å². The molecule has 3 heterocycles. The predicted molar refractivity (Wildman–Crippen MR) is 130 cm³/mol. The van der Waals surface area contributed by atoms with E-state index in [2.05, 4.69) is 20.9 Å². The van der Waals surface area contributed by atoms with Crippen molar-refractivity contribution in [1.29, 1.82) is 0 Å². The zero-order valence-electron chi connectivity index (χ0n) is 19.2. The van der Waals surface area contributed by atoms with Gasteiger partial charge < -0.3 is 4.90 Å². The van der Waals surface area contributed by atoms with Gasteiger partial charge in [-0.25, -0.2) is 18.4 Å². The standard InChI is InChI=1S/C24H30N4O2S2/c1-15-13-16(2)18(4)22(17(15)3)32(29,30)28-11-9-27(10-12-28)23-21-19-7-5-6-8-20(19)31-24(21)26-14-25-23/h13-14H,5-12H2,1-4H3. The molecule has 0 radical (unpaired) electrons. The Bertz CT molecular complexity index is 1280. The van der Waals surface area contributed by atoms with Crippen molar-refractivity contribution in [1.82, 2.24) is 14.3 Å². The molecule has 0 N–H and O–H groups in total. The van der Waals surface area contributed by atoms with Crippen molar-refractivity contribution in [2.24, 2.45) is 0 Å². The molecule has 1 aliphatic carbocycles. The molecule has 1 saturated heterocycles. The van der Waals surface area contributed by atoms with E-state index in [1.54, 1.807) is 22.0 Å². The van der Waals surface area contributed by atoms with E-state index in [1.807, 2.05) is 27.7 Å². The van der Waals surface area contributed by atoms with Gasteiger partial charge in [-0.2, -0.15) is 4.31 Å². The van der Waals surface area contributed by atoms with Gasteiger partial charge >= 0.3 is 0 Å². The largest absolute Gasteiger partial charge is 0.353 e. The van der Waals surface area contributed by atoms with Crippen molar-refractivity contribution in [3.63, 3.8) is 0 Å². The van der Waals surface area contributed by atoms with Gasteiger partial charge in [0.25, 0.3) is 0 Å². The van der Waals surface area contributed by atoms with Crippen LogP contribution in [0.2, 0.25) is 0 Å². The van der Waals surface area contributed by atoms with Crippen LogP contribution in [0.5, 0.6) is 0 Å². The van der Waals surface area contributed by atoms with Gasteiger partial charge in [0, 0.05) is 31.1 Å². The summed E-state index contributed by atoms with van der Waals surface area (Å²) in [6.07, 6.45) is 6.35. The normalized spacial score (nSPS) is 17.7. The van der Waals surface area contributed by atoms with Crippen LogP contribution >= 0.6 is 11.3 Å². The molecule has 2 aliphatic rings. The Morgan fingerprint density at radius 3 is 2.25 bits per heavy atom. The number of piperazine rings is 1. The summed E-state index contributed by atoms with van der Waals surface area (Å²) >= 11 is 1.80. The number of rotatable bonds is 3. The second-order valence-corrected chi connectivity index (χ2v) is 12.0. The maximum atomic E-state index is 13.6. The Labute approximate surface area is 194 Å². The highest BCUT2D eigenvalue weighted by atomic mass is 32.2. The molecule has 1 aliphatic heterocycles. The van der Waals surface area contributed by atoms with Crippen LogP contribution in [0.4, 0.5) is 5.82 Å². The number of aromatic nitrogens is 2. The van der Waals surface area contributed by atoms with Gasteiger partial charge in [-0.15, -0.1) is 11.3 Å². The lowest BCUT2D eigenvalue weighted by Crippen LogP contribution is -2.49. The summed E-state index contributed by atoms with van der Waals surface area (Å²) in [4.78, 5) is 14.5. The molecule has 0 atom stereocenters. The fourth-order valence-electron chi connectivity index (χ4n) is 5.15. The zero-order chi connectivity index (χ0) is 22.6. The quantitative estimate of drug-likeness (QED) is 0.571. The number of hydrogen-bond acceptors (Lipinski definition) is 6. The monoisotopic (exact) mass is 470 g/mol. The van der Waals surface area contributed by atoms with E-state index in [0.29, 0.717) is 31.1 Å². The fourth-order valence-corrected chi connectivity index (χ4v) is 8.37. The highest BCUT2D eigenvalue weighted by Gasteiger charge is 2.33. The molecule has 6 nitrogen and oxygen atoms in total. The summed E-state index contributed by atoms with van der Waals surface area (Å²) in [6.45, 7) is 10.0. The average molecular weight is 471 g/mol. The maximum Gasteiger partial charge on any atom is 0.243 e. The van der Waals surface area contributed by atoms with Crippen LogP contribution in [0, 0.1) is 27.7 Å². The van der Waals surface area contributed by atoms with Gasteiger partial charge in [-0.05, 0) is 81.2 Å². The molecule has 0 amide bonds. The summed E-state index contributed by atoms with van der Waals surface area (Å²) in [5.41, 5.74) is 5.19. The van der Waals surface area contributed by atoms with Crippen LogP contribution in [0.25, 0.3) is 10.2 Å². The Balaban J connectivity index is 1.44. The summed E-state index contributed by atoms with van der Waals surface area (Å²) in [5, 5.41) is 1.20. The van der Waals surface area contributed by atoms with E-state index in [1.165, 1.54) is 28.7 Å². The van der Waals surface area contributed by atoms with E-state index >= 15 is 0 Å². The number of nitrogens with zero attached hydrogens (tertiary/aromatic N) is 4. The summed E-state index contributed by atoms with van der Waals surface area (Å²) in [7, 11) is -3.54. The molecule has 0 spiro atoms. The molecule has 1 aromatic carbocycles. The van der Waals surface area contributed by atoms with Crippen molar-refractivity contribution in [3.05, 3.63) is 45.1 Å². The van der Waals surface area contributed by atoms with Gasteiger partial charge in [0.2, 0.25) is 10.0 Å². The number of benzene rings is 1. The van der Waals surface area contributed by atoms with Gasteiger partial charge in [-0.3, -0.25) is 0 Å². The minimum atomic E-state index is -3.54. The summed E-state index contributed by atoms with van der Waals surface area (Å²) < 4.78 is 28.9. The van der Waals surface area contributed by atoms with Crippen molar-refractivity contribution >= 4 is 37.4 Å². The molecular weight excluding hydrogens is 440 g/mol. The lowest BCUT2D eigenvalue weighted by Gasteiger charge is -2.35. The molecule has 5 rings (SSSR count). The van der Waals surface area contributed by atoms with Gasteiger partial charge in [0.05, 0.1) is 10.3 Å². The lowest BCUT2D eigenvalue weighted by atomic mass is 9.97. The maximum absolute atomic E-state index is 13.6. The molecular formula is C24H30N4O2S2. The van der Waals surface area contributed by atoms with E-state index in [4.69, 9.17) is 0 Å². The number of anilines is 1. The van der Waals surface area contributed by atoms with E-state index in [9.17, 15) is 8.42 Å². The van der Waals surface area contributed by atoms with Crippen molar-refractivity contribution < 1.29 is 8.42 Å². The van der Waals surface area contributed by atoms with Crippen LogP contribution in [-0.2, 0) is 22.9 Å². The third-order valence-electron chi connectivity index (χ3n) is 7.16. The summed E-state index contributed by atoms with van der Waals surface area (Å²) in [5.74, 6) is 0.977. The number of sulfonamides is 1. The number of thiophene rings is 1. The third kappa shape index (κ3) is 3.43. The zero-order valence-corrected chi connectivity index (χ0v) is 20.9. The Kier molecular flexibility index (Phi) is 5.50. The first-order chi connectivity index (χ1) is 15.3. The van der Waals surface area contributed by atoms with Crippen LogP contribution in [-0.4, -0.2) is 48.9 Å². The van der Waals surface area contributed by atoms with Crippen LogP contribution < -0.4 is 4.90 Å². The van der Waals surface area contributed by atoms with Gasteiger partial charge in [0.1, 0.15) is 17.0 Å². The van der Waals surface area contributed by atoms with Crippen LogP contribution in [0.1, 0.15) is 45.5 Å². The SMILES string of the molecule is Cc1cc(C)c(C)c(S(=O)(=O)N2CCN(c3ncnc4sc5c(c34)CCCC5)CC2)c1C. The average Bonchev–Trinajstić information content (AvgIpc) is 3.17. The highest BCUT2D eigenvalue weighted by molar-refractivity contribution is 7.89. The van der Waals surface area contributed by atoms with E-state index < -0.39 is 10.0 Å². The molecule has 0 saturated carbocycles. The number of fused-ring (bicyclic) bond motifs is 3. The number of hydrogen-bond donors (Lipinski definition) is 0. The minimum Gasteiger partial charge on any atom is -0.353 e. The Morgan fingerprint density at radius 2 is 1.56 bits per heavy atom. The van der Waals surface area contributed by atoms with Crippen molar-refractivity contribution in [3.8, 4) is 0 Å². The lowest BCUT2D eigenvalue weighted by molar-refractivity contribution is 0.383. The first-order valence-corrected chi connectivity index (χ1v) is 13.6. The fraction of sp³-hybridized carbons (Fsp3) is 0.500. The van der Waals surface area contributed by atoms with E-state index in [0.717, 1.165) is 45.7 Å². The molecule has 0 unspecified atom stereocenters. The first kappa shape index (κ1) is 21.8. The minimum absolute atomic E-state index is 0.464. The second kappa shape index (κ2) is 8.08. The first-order valence-electron chi connectivity index (χ1n) is 11.4. The summed E-state index contributed by atoms with van der Waals surface area (Å²) in [6, 6.07) is 2.07. The molecule has 0 bridgehead atoms. The second-order valence-electron chi connectivity index (χ2n) is 9.07. The molecule has 1 fully saturated rings. The van der Waals surface area contributed by atoms with Crippen LogP contribution in [0.3, 0.4) is 0 Å². The molecule has 2 aromatic heterocycles. The van der Waals surface area contributed by atoms with Gasteiger partial charge in [0.15, 0.2) is 0 Å². The smallest absolute Gasteiger partial charge is 0.243 e.